The minimum absolute atomic E-state index is 0.0251. The van der Waals surface area contributed by atoms with Crippen LogP contribution in [0.15, 0.2) is 24.3 Å². The minimum atomic E-state index is -0.158. The van der Waals surface area contributed by atoms with Gasteiger partial charge in [-0.1, -0.05) is 12.1 Å². The quantitative estimate of drug-likeness (QED) is 0.622. The van der Waals surface area contributed by atoms with Crippen LogP contribution >= 0.6 is 0 Å². The van der Waals surface area contributed by atoms with Crippen molar-refractivity contribution in [3.63, 3.8) is 0 Å². The Morgan fingerprint density at radius 1 is 1.43 bits per heavy atom. The number of carbonyl (C=O) groups excluding carboxylic acids is 1. The second-order valence-corrected chi connectivity index (χ2v) is 3.55. The zero-order chi connectivity index (χ0) is 10.1. The van der Waals surface area contributed by atoms with Gasteiger partial charge in [-0.3, -0.25) is 4.79 Å². The Balaban J connectivity index is 2.50. The molecular formula is C12H11FO. The highest BCUT2D eigenvalue weighted by Crippen LogP contribution is 2.33. The zero-order valence-corrected chi connectivity index (χ0v) is 8.01. The second kappa shape index (κ2) is 3.37. The van der Waals surface area contributed by atoms with Crippen LogP contribution in [0.5, 0.6) is 0 Å². The van der Waals surface area contributed by atoms with E-state index >= 15 is 0 Å². The van der Waals surface area contributed by atoms with Crippen molar-refractivity contribution in [2.45, 2.75) is 19.8 Å². The fourth-order valence-electron chi connectivity index (χ4n) is 1.90. The molecule has 1 aromatic rings. The number of benzene rings is 1. The highest BCUT2D eigenvalue weighted by molar-refractivity contribution is 5.96. The third-order valence-corrected chi connectivity index (χ3v) is 2.49. The van der Waals surface area contributed by atoms with E-state index in [1.54, 1.807) is 12.1 Å². The lowest BCUT2D eigenvalue weighted by Crippen LogP contribution is -1.88. The summed E-state index contributed by atoms with van der Waals surface area (Å²) in [6, 6.07) is 5.03. The van der Waals surface area contributed by atoms with Gasteiger partial charge in [-0.25, -0.2) is 4.39 Å². The van der Waals surface area contributed by atoms with Gasteiger partial charge < -0.3 is 0 Å². The van der Waals surface area contributed by atoms with Crippen LogP contribution in [0.25, 0.3) is 5.57 Å². The number of halogens is 1. The summed E-state index contributed by atoms with van der Waals surface area (Å²) in [5.74, 6) is -0.133. The number of rotatable bonds is 1. The molecule has 72 valence electrons. The molecule has 0 atom stereocenters. The van der Waals surface area contributed by atoms with Crippen LogP contribution in [-0.4, -0.2) is 5.78 Å². The molecule has 0 heterocycles. The lowest BCUT2D eigenvalue weighted by molar-refractivity contribution is -0.112. The largest absolute Gasteiger partial charge is 0.295 e. The van der Waals surface area contributed by atoms with Gasteiger partial charge in [-0.05, 0) is 48.6 Å². The van der Waals surface area contributed by atoms with Crippen molar-refractivity contribution in [2.75, 3.05) is 0 Å². The van der Waals surface area contributed by atoms with Crippen LogP contribution in [0, 0.1) is 5.82 Å². The first-order valence-corrected chi connectivity index (χ1v) is 4.67. The molecule has 0 bridgehead atoms. The van der Waals surface area contributed by atoms with Crippen molar-refractivity contribution in [2.24, 2.45) is 0 Å². The van der Waals surface area contributed by atoms with E-state index in [9.17, 15) is 9.18 Å². The van der Waals surface area contributed by atoms with Crippen LogP contribution in [0.4, 0.5) is 4.39 Å². The van der Waals surface area contributed by atoms with Crippen molar-refractivity contribution >= 4 is 11.4 Å². The Morgan fingerprint density at radius 3 is 2.93 bits per heavy atom. The van der Waals surface area contributed by atoms with Gasteiger partial charge in [0.2, 0.25) is 0 Å². The average Bonchev–Trinajstić information content (AvgIpc) is 2.49. The van der Waals surface area contributed by atoms with Crippen LogP contribution in [-0.2, 0) is 11.2 Å². The number of fused-ring (bicyclic) bond motifs is 1. The Kier molecular flexibility index (Phi) is 2.20. The zero-order valence-electron chi connectivity index (χ0n) is 8.01. The lowest BCUT2D eigenvalue weighted by Gasteiger charge is -2.00. The third kappa shape index (κ3) is 1.48. The Morgan fingerprint density at radius 2 is 2.21 bits per heavy atom. The summed E-state index contributed by atoms with van der Waals surface area (Å²) in [6.45, 7) is 1.52. The molecule has 0 saturated heterocycles. The van der Waals surface area contributed by atoms with E-state index < -0.39 is 0 Å². The first-order valence-electron chi connectivity index (χ1n) is 4.67. The van der Waals surface area contributed by atoms with Crippen molar-refractivity contribution in [3.8, 4) is 0 Å². The monoisotopic (exact) mass is 190 g/mol. The summed E-state index contributed by atoms with van der Waals surface area (Å²) in [5.41, 5.74) is 2.62. The van der Waals surface area contributed by atoms with Gasteiger partial charge in [-0.15, -0.1) is 0 Å². The molecule has 0 fully saturated rings. The average molecular weight is 190 g/mol. The number of hydrogen-bond acceptors (Lipinski definition) is 1. The maximum absolute atomic E-state index is 13.3. The molecule has 1 aliphatic rings. The van der Waals surface area contributed by atoms with E-state index in [0.717, 1.165) is 23.1 Å². The molecule has 0 aromatic heterocycles. The molecule has 14 heavy (non-hydrogen) atoms. The van der Waals surface area contributed by atoms with Gasteiger partial charge in [0, 0.05) is 0 Å². The van der Waals surface area contributed by atoms with E-state index in [2.05, 4.69) is 0 Å². The van der Waals surface area contributed by atoms with Crippen LogP contribution < -0.4 is 0 Å². The molecule has 1 aromatic carbocycles. The van der Waals surface area contributed by atoms with Gasteiger partial charge in [0.15, 0.2) is 5.78 Å². The van der Waals surface area contributed by atoms with E-state index in [-0.39, 0.29) is 11.6 Å². The molecule has 0 aliphatic heterocycles. The Hall–Kier alpha value is -1.44. The maximum Gasteiger partial charge on any atom is 0.152 e. The maximum atomic E-state index is 13.3. The molecule has 0 unspecified atom stereocenters. The highest BCUT2D eigenvalue weighted by Gasteiger charge is 2.19. The number of carbonyl (C=O) groups is 1. The molecule has 2 heteroatoms. The van der Waals surface area contributed by atoms with E-state index in [0.29, 0.717) is 6.42 Å². The Labute approximate surface area is 82.3 Å². The van der Waals surface area contributed by atoms with Gasteiger partial charge in [0.1, 0.15) is 5.82 Å². The van der Waals surface area contributed by atoms with Crippen molar-refractivity contribution in [1.29, 1.82) is 0 Å². The molecule has 0 saturated carbocycles. The number of ketones is 1. The smallest absolute Gasteiger partial charge is 0.152 e. The first-order chi connectivity index (χ1) is 6.68. The summed E-state index contributed by atoms with van der Waals surface area (Å²) < 4.78 is 13.3. The van der Waals surface area contributed by atoms with E-state index in [4.69, 9.17) is 0 Å². The summed E-state index contributed by atoms with van der Waals surface area (Å²) in [4.78, 5) is 10.9. The van der Waals surface area contributed by atoms with Crippen LogP contribution in [0.1, 0.15) is 24.5 Å². The molecule has 0 radical (unpaired) electrons. The summed E-state index contributed by atoms with van der Waals surface area (Å²) in [7, 11) is 0. The second-order valence-electron chi connectivity index (χ2n) is 3.55. The number of allylic oxidation sites excluding steroid dienone is 2. The predicted molar refractivity (Wildman–Crippen MR) is 53.4 cm³/mol. The standard InChI is InChI=1S/C12H11FO/c1-8(14)7-9-5-6-11-10(9)3-2-4-12(11)13/h2-4,7H,5-6H2,1H3/b9-7-. The lowest BCUT2D eigenvalue weighted by atomic mass is 10.1. The molecule has 0 spiro atoms. The normalized spacial score (nSPS) is 17.1. The Bertz CT molecular complexity index is 418. The highest BCUT2D eigenvalue weighted by atomic mass is 19.1. The van der Waals surface area contributed by atoms with Gasteiger partial charge in [0.05, 0.1) is 0 Å². The molecule has 1 nitrogen and oxygen atoms in total. The summed E-state index contributed by atoms with van der Waals surface area (Å²) >= 11 is 0. The SMILES string of the molecule is CC(=O)/C=C1/CCc2c(F)cccc21. The van der Waals surface area contributed by atoms with Gasteiger partial charge in [0.25, 0.3) is 0 Å². The van der Waals surface area contributed by atoms with Gasteiger partial charge in [-0.2, -0.15) is 0 Å². The topological polar surface area (TPSA) is 17.1 Å². The van der Waals surface area contributed by atoms with Gasteiger partial charge >= 0.3 is 0 Å². The van der Waals surface area contributed by atoms with E-state index in [1.165, 1.54) is 13.0 Å². The summed E-state index contributed by atoms with van der Waals surface area (Å²) in [5, 5.41) is 0. The molecule has 0 amide bonds. The fourth-order valence-corrected chi connectivity index (χ4v) is 1.90. The number of hydrogen-bond donors (Lipinski definition) is 0. The predicted octanol–water partition coefficient (Wildman–Crippen LogP) is 2.74. The van der Waals surface area contributed by atoms with Crippen molar-refractivity contribution < 1.29 is 9.18 Å². The first kappa shape index (κ1) is 9.13. The molecule has 0 N–H and O–H groups in total. The van der Waals surface area contributed by atoms with Crippen molar-refractivity contribution in [1.82, 2.24) is 0 Å². The molecular weight excluding hydrogens is 179 g/mol. The molecule has 1 aliphatic carbocycles. The fraction of sp³-hybridized carbons (Fsp3) is 0.250. The van der Waals surface area contributed by atoms with E-state index in [1.807, 2.05) is 6.07 Å². The minimum Gasteiger partial charge on any atom is -0.295 e. The summed E-state index contributed by atoms with van der Waals surface area (Å²) in [6.07, 6.45) is 3.09. The third-order valence-electron chi connectivity index (χ3n) is 2.49. The molecule has 2 rings (SSSR count). The van der Waals surface area contributed by atoms with Crippen LogP contribution in [0.2, 0.25) is 0 Å². The van der Waals surface area contributed by atoms with Crippen molar-refractivity contribution in [3.05, 3.63) is 41.2 Å². The van der Waals surface area contributed by atoms with Crippen LogP contribution in [0.3, 0.4) is 0 Å².